The van der Waals surface area contributed by atoms with Gasteiger partial charge in [0.25, 0.3) is 5.69 Å². The Balaban J connectivity index is 2.27. The number of carbonyl (C=O) groups is 1. The highest BCUT2D eigenvalue weighted by molar-refractivity contribution is 5.87. The number of nitrogens with one attached hydrogen (secondary N) is 1. The number of non-ortho nitro benzene ring substituents is 1. The summed E-state index contributed by atoms with van der Waals surface area (Å²) in [6.45, 7) is 4.31. The fraction of sp³-hybridized carbons (Fsp3) is 0.533. The van der Waals surface area contributed by atoms with Crippen LogP contribution in [0, 0.1) is 10.1 Å². The van der Waals surface area contributed by atoms with Crippen molar-refractivity contribution in [2.75, 3.05) is 26.7 Å². The maximum Gasteiger partial charge on any atom is 0.269 e. The SMILES string of the molecule is CN1CCCC(C)(c2ccc([N+](=O)[O-])cc2)C(=O)NCC1. The van der Waals surface area contributed by atoms with Crippen LogP contribution in [0.3, 0.4) is 0 Å². The molecule has 1 N–H and O–H groups in total. The van der Waals surface area contributed by atoms with E-state index in [1.807, 2.05) is 14.0 Å². The first-order valence-corrected chi connectivity index (χ1v) is 7.15. The van der Waals surface area contributed by atoms with Crippen LogP contribution in [0.5, 0.6) is 0 Å². The van der Waals surface area contributed by atoms with E-state index in [0.29, 0.717) is 6.54 Å². The molecular formula is C15H21N3O3. The summed E-state index contributed by atoms with van der Waals surface area (Å²) in [6.07, 6.45) is 1.64. The second-order valence-electron chi connectivity index (χ2n) is 5.80. The van der Waals surface area contributed by atoms with Gasteiger partial charge >= 0.3 is 0 Å². The van der Waals surface area contributed by atoms with Crippen molar-refractivity contribution in [1.82, 2.24) is 10.2 Å². The lowest BCUT2D eigenvalue weighted by Gasteiger charge is -2.28. The van der Waals surface area contributed by atoms with Gasteiger partial charge in [0.15, 0.2) is 0 Å². The van der Waals surface area contributed by atoms with Crippen molar-refractivity contribution in [3.05, 3.63) is 39.9 Å². The molecule has 1 unspecified atom stereocenters. The molecule has 114 valence electrons. The van der Waals surface area contributed by atoms with E-state index in [1.54, 1.807) is 12.1 Å². The van der Waals surface area contributed by atoms with Crippen molar-refractivity contribution in [2.24, 2.45) is 0 Å². The average molecular weight is 291 g/mol. The largest absolute Gasteiger partial charge is 0.354 e. The number of hydrogen-bond donors (Lipinski definition) is 1. The van der Waals surface area contributed by atoms with Crippen molar-refractivity contribution < 1.29 is 9.72 Å². The van der Waals surface area contributed by atoms with E-state index in [-0.39, 0.29) is 11.6 Å². The number of hydrogen-bond acceptors (Lipinski definition) is 4. The van der Waals surface area contributed by atoms with Gasteiger partial charge in [-0.15, -0.1) is 0 Å². The molecule has 6 nitrogen and oxygen atoms in total. The first-order chi connectivity index (χ1) is 9.93. The molecule has 6 heteroatoms. The Bertz CT molecular complexity index is 529. The highest BCUT2D eigenvalue weighted by atomic mass is 16.6. The molecule has 1 atom stereocenters. The minimum atomic E-state index is -0.639. The van der Waals surface area contributed by atoms with E-state index < -0.39 is 10.3 Å². The topological polar surface area (TPSA) is 75.5 Å². The van der Waals surface area contributed by atoms with Crippen LogP contribution >= 0.6 is 0 Å². The summed E-state index contributed by atoms with van der Waals surface area (Å²) in [6, 6.07) is 6.32. The Hall–Kier alpha value is -1.95. The van der Waals surface area contributed by atoms with Crippen molar-refractivity contribution in [2.45, 2.75) is 25.2 Å². The molecule has 0 spiro atoms. The highest BCUT2D eigenvalue weighted by Crippen LogP contribution is 2.31. The molecule has 0 aliphatic carbocycles. The number of benzene rings is 1. The summed E-state index contributed by atoms with van der Waals surface area (Å²) < 4.78 is 0. The van der Waals surface area contributed by atoms with Crippen LogP contribution in [-0.2, 0) is 10.2 Å². The Kier molecular flexibility index (Phi) is 4.57. The first-order valence-electron chi connectivity index (χ1n) is 7.15. The highest BCUT2D eigenvalue weighted by Gasteiger charge is 2.35. The second-order valence-corrected chi connectivity index (χ2v) is 5.80. The van der Waals surface area contributed by atoms with Gasteiger partial charge < -0.3 is 10.2 Å². The Morgan fingerprint density at radius 3 is 2.57 bits per heavy atom. The molecule has 0 aromatic heterocycles. The summed E-state index contributed by atoms with van der Waals surface area (Å²) in [4.78, 5) is 25.0. The molecule has 1 amide bonds. The second kappa shape index (κ2) is 6.22. The van der Waals surface area contributed by atoms with Crippen LogP contribution in [0.2, 0.25) is 0 Å². The fourth-order valence-corrected chi connectivity index (χ4v) is 2.71. The van der Waals surface area contributed by atoms with E-state index in [2.05, 4.69) is 10.2 Å². The van der Waals surface area contributed by atoms with Crippen molar-refractivity contribution in [1.29, 1.82) is 0 Å². The van der Waals surface area contributed by atoms with Gasteiger partial charge in [0.1, 0.15) is 0 Å². The number of nitro groups is 1. The zero-order chi connectivity index (χ0) is 15.5. The minimum Gasteiger partial charge on any atom is -0.354 e. The standard InChI is InChI=1S/C15H21N3O3/c1-15(12-4-6-13(7-5-12)18(20)21)8-3-10-17(2)11-9-16-14(15)19/h4-7H,3,8-11H2,1-2H3,(H,16,19). The van der Waals surface area contributed by atoms with Crippen molar-refractivity contribution in [3.63, 3.8) is 0 Å². The number of nitrogens with zero attached hydrogens (tertiary/aromatic N) is 2. The zero-order valence-electron chi connectivity index (χ0n) is 12.5. The molecule has 1 aromatic carbocycles. The fourth-order valence-electron chi connectivity index (χ4n) is 2.71. The molecule has 0 bridgehead atoms. The quantitative estimate of drug-likeness (QED) is 0.664. The van der Waals surface area contributed by atoms with E-state index in [0.717, 1.165) is 31.5 Å². The molecule has 1 fully saturated rings. The number of likely N-dealkylation sites (N-methyl/N-ethyl adjacent to an activating group) is 1. The summed E-state index contributed by atoms with van der Waals surface area (Å²) >= 11 is 0. The van der Waals surface area contributed by atoms with Crippen LogP contribution in [0.1, 0.15) is 25.3 Å². The summed E-state index contributed by atoms with van der Waals surface area (Å²) in [7, 11) is 2.04. The minimum absolute atomic E-state index is 0.00773. The molecule has 1 heterocycles. The monoisotopic (exact) mass is 291 g/mol. The molecule has 21 heavy (non-hydrogen) atoms. The predicted molar refractivity (Wildman–Crippen MR) is 80.2 cm³/mol. The van der Waals surface area contributed by atoms with E-state index in [4.69, 9.17) is 0 Å². The lowest BCUT2D eigenvalue weighted by Crippen LogP contribution is -2.43. The van der Waals surface area contributed by atoms with Crippen LogP contribution in [-0.4, -0.2) is 42.4 Å². The third kappa shape index (κ3) is 3.39. The maximum atomic E-state index is 12.5. The summed E-state index contributed by atoms with van der Waals surface area (Å²) in [5.41, 5.74) is 0.237. The van der Waals surface area contributed by atoms with E-state index >= 15 is 0 Å². The zero-order valence-corrected chi connectivity index (χ0v) is 12.5. The van der Waals surface area contributed by atoms with E-state index in [1.165, 1.54) is 12.1 Å². The van der Waals surface area contributed by atoms with Crippen LogP contribution in [0.15, 0.2) is 24.3 Å². The Labute approximate surface area is 124 Å². The number of nitro benzene ring substituents is 1. The third-order valence-electron chi connectivity index (χ3n) is 4.21. The predicted octanol–water partition coefficient (Wildman–Crippen LogP) is 1.69. The molecule has 2 rings (SSSR count). The Morgan fingerprint density at radius 1 is 1.29 bits per heavy atom. The lowest BCUT2D eigenvalue weighted by atomic mass is 9.77. The molecule has 1 aromatic rings. The third-order valence-corrected chi connectivity index (χ3v) is 4.21. The van der Waals surface area contributed by atoms with Crippen molar-refractivity contribution >= 4 is 11.6 Å². The average Bonchev–Trinajstić information content (AvgIpc) is 2.52. The smallest absolute Gasteiger partial charge is 0.269 e. The lowest BCUT2D eigenvalue weighted by molar-refractivity contribution is -0.384. The number of rotatable bonds is 2. The molecule has 1 aliphatic heterocycles. The summed E-state index contributed by atoms with van der Waals surface area (Å²) in [5, 5.41) is 13.7. The normalized spacial score (nSPS) is 24.6. The van der Waals surface area contributed by atoms with Crippen molar-refractivity contribution in [3.8, 4) is 0 Å². The van der Waals surface area contributed by atoms with Gasteiger partial charge in [0.2, 0.25) is 5.91 Å². The van der Waals surface area contributed by atoms with Gasteiger partial charge in [0.05, 0.1) is 10.3 Å². The molecular weight excluding hydrogens is 270 g/mol. The molecule has 1 saturated heterocycles. The van der Waals surface area contributed by atoms with Gasteiger partial charge in [-0.25, -0.2) is 0 Å². The Morgan fingerprint density at radius 2 is 1.95 bits per heavy atom. The number of carbonyl (C=O) groups excluding carboxylic acids is 1. The van der Waals surface area contributed by atoms with Gasteiger partial charge in [-0.1, -0.05) is 12.1 Å². The first kappa shape index (κ1) is 15.4. The van der Waals surface area contributed by atoms with E-state index in [9.17, 15) is 14.9 Å². The maximum absolute atomic E-state index is 12.5. The molecule has 0 radical (unpaired) electrons. The van der Waals surface area contributed by atoms with Crippen LogP contribution in [0.4, 0.5) is 5.69 Å². The summed E-state index contributed by atoms with van der Waals surface area (Å²) in [5.74, 6) is -0.00773. The number of amides is 1. The van der Waals surface area contributed by atoms with Crippen LogP contribution < -0.4 is 5.32 Å². The van der Waals surface area contributed by atoms with Gasteiger partial charge in [-0.2, -0.15) is 0 Å². The molecule has 1 aliphatic rings. The van der Waals surface area contributed by atoms with Crippen LogP contribution in [0.25, 0.3) is 0 Å². The van der Waals surface area contributed by atoms with Gasteiger partial charge in [-0.3, -0.25) is 14.9 Å². The molecule has 0 saturated carbocycles. The van der Waals surface area contributed by atoms with Gasteiger partial charge in [0, 0.05) is 25.2 Å². The van der Waals surface area contributed by atoms with Gasteiger partial charge in [-0.05, 0) is 38.9 Å².